The monoisotopic (exact) mass is 488 g/mol. The molecule has 1 fully saturated rings. The number of ether oxygens (including phenoxy) is 2. The largest absolute Gasteiger partial charge is 0.379 e. The molecule has 1 saturated heterocycles. The number of pyridine rings is 2. The van der Waals surface area contributed by atoms with E-state index in [-0.39, 0.29) is 6.10 Å². The maximum Gasteiger partial charge on any atom is 0.154 e. The molecule has 4 aromatic heterocycles. The third-order valence-electron chi connectivity index (χ3n) is 6.55. The van der Waals surface area contributed by atoms with Crippen LogP contribution < -0.4 is 5.32 Å². The molecule has 0 spiro atoms. The van der Waals surface area contributed by atoms with Gasteiger partial charge in [0.2, 0.25) is 0 Å². The van der Waals surface area contributed by atoms with Gasteiger partial charge in [-0.25, -0.2) is 4.98 Å². The number of nitrogens with one attached hydrogen (secondary N) is 1. The van der Waals surface area contributed by atoms with Gasteiger partial charge in [-0.1, -0.05) is 13.8 Å². The fourth-order valence-electron chi connectivity index (χ4n) is 4.26. The van der Waals surface area contributed by atoms with Crippen LogP contribution in [0.3, 0.4) is 0 Å². The molecule has 0 radical (unpaired) electrons. The van der Waals surface area contributed by atoms with E-state index < -0.39 is 0 Å². The first-order valence-corrected chi connectivity index (χ1v) is 12.2. The highest BCUT2D eigenvalue weighted by Gasteiger charge is 2.28. The number of nitrogens with zero attached hydrogens (tertiary/aromatic N) is 7. The summed E-state index contributed by atoms with van der Waals surface area (Å²) < 4.78 is 13.0. The van der Waals surface area contributed by atoms with Gasteiger partial charge in [0.15, 0.2) is 5.82 Å². The summed E-state index contributed by atoms with van der Waals surface area (Å²) in [5, 5.41) is 16.1. The number of anilines is 2. The number of hydrogen-bond acceptors (Lipinski definition) is 9. The van der Waals surface area contributed by atoms with E-state index in [0.29, 0.717) is 30.2 Å². The van der Waals surface area contributed by atoms with E-state index in [2.05, 4.69) is 44.3 Å². The van der Waals surface area contributed by atoms with Gasteiger partial charge in [-0.3, -0.25) is 14.6 Å². The van der Waals surface area contributed by atoms with Gasteiger partial charge in [0.05, 0.1) is 42.2 Å². The Hall–Kier alpha value is -3.47. The highest BCUT2D eigenvalue weighted by atomic mass is 16.5. The topological polar surface area (TPSA) is 103 Å². The van der Waals surface area contributed by atoms with Crippen molar-refractivity contribution in [3.8, 4) is 11.1 Å². The molecule has 0 aromatic carbocycles. The second-order valence-electron chi connectivity index (χ2n) is 9.50. The minimum absolute atomic E-state index is 0.0536. The summed E-state index contributed by atoms with van der Waals surface area (Å²) in [6, 6.07) is 7.88. The van der Waals surface area contributed by atoms with Gasteiger partial charge < -0.3 is 14.8 Å². The molecule has 5 rings (SSSR count). The summed E-state index contributed by atoms with van der Waals surface area (Å²) in [6.45, 7) is 7.68. The van der Waals surface area contributed by atoms with Gasteiger partial charge in [-0.2, -0.15) is 10.2 Å². The van der Waals surface area contributed by atoms with Crippen molar-refractivity contribution < 1.29 is 9.47 Å². The van der Waals surface area contributed by atoms with Gasteiger partial charge in [-0.05, 0) is 35.7 Å². The normalized spacial score (nSPS) is 15.4. The summed E-state index contributed by atoms with van der Waals surface area (Å²) in [7, 11) is 3.51. The molecule has 1 aliphatic rings. The average Bonchev–Trinajstić information content (AvgIpc) is 3.33. The van der Waals surface area contributed by atoms with Crippen molar-refractivity contribution in [1.82, 2.24) is 34.8 Å². The zero-order valence-corrected chi connectivity index (χ0v) is 21.1. The number of fused-ring (bicyclic) bond motifs is 1. The molecule has 1 unspecified atom stereocenters. The Morgan fingerprint density at radius 3 is 2.64 bits per heavy atom. The van der Waals surface area contributed by atoms with E-state index in [1.165, 1.54) is 0 Å². The van der Waals surface area contributed by atoms with E-state index >= 15 is 0 Å². The van der Waals surface area contributed by atoms with Crippen molar-refractivity contribution in [3.05, 3.63) is 54.6 Å². The molecule has 10 heteroatoms. The van der Waals surface area contributed by atoms with E-state index in [1.807, 2.05) is 47.5 Å². The Balaban J connectivity index is 1.29. The zero-order chi connectivity index (χ0) is 25.1. The van der Waals surface area contributed by atoms with Crippen LogP contribution in [0, 0.1) is 0 Å². The molecule has 1 aliphatic heterocycles. The van der Waals surface area contributed by atoms with E-state index in [1.54, 1.807) is 20.4 Å². The van der Waals surface area contributed by atoms with Crippen LogP contribution in [0.2, 0.25) is 0 Å². The quantitative estimate of drug-likeness (QED) is 0.359. The van der Waals surface area contributed by atoms with Crippen LogP contribution >= 0.6 is 0 Å². The van der Waals surface area contributed by atoms with E-state index in [9.17, 15) is 0 Å². The Morgan fingerprint density at radius 1 is 1.00 bits per heavy atom. The maximum absolute atomic E-state index is 5.70. The van der Waals surface area contributed by atoms with Crippen LogP contribution in [0.4, 0.5) is 11.6 Å². The average molecular weight is 489 g/mol. The zero-order valence-electron chi connectivity index (χ0n) is 21.1. The highest BCUT2D eigenvalue weighted by molar-refractivity contribution is 5.81. The van der Waals surface area contributed by atoms with Gasteiger partial charge in [0, 0.05) is 57.4 Å². The second-order valence-corrected chi connectivity index (χ2v) is 9.50. The fraction of sp³-hybridized carbons (Fsp3) is 0.423. The van der Waals surface area contributed by atoms with Crippen LogP contribution in [0.1, 0.15) is 25.3 Å². The van der Waals surface area contributed by atoms with Gasteiger partial charge in [0.1, 0.15) is 5.82 Å². The molecule has 36 heavy (non-hydrogen) atoms. The summed E-state index contributed by atoms with van der Waals surface area (Å²) in [5.41, 5.74) is 4.67. The molecule has 5 heterocycles. The van der Waals surface area contributed by atoms with Crippen molar-refractivity contribution >= 4 is 22.7 Å². The van der Waals surface area contributed by atoms with Crippen molar-refractivity contribution in [2.24, 2.45) is 0 Å². The number of likely N-dealkylation sites (tertiary alicyclic amines) is 1. The molecule has 0 saturated carbocycles. The van der Waals surface area contributed by atoms with Crippen LogP contribution in [-0.2, 0) is 16.0 Å². The molecule has 0 amide bonds. The SMILES string of the molecule is COC1CN(CC(Cn2cc(-c3cnc4ccc(Nc5cc(C(C)C)cnn5)nc4c3)cn2)OC)C1. The van der Waals surface area contributed by atoms with Crippen molar-refractivity contribution in [1.29, 1.82) is 0 Å². The lowest BCUT2D eigenvalue weighted by atomic mass is 10.1. The molecule has 0 bridgehead atoms. The molecular formula is C26H32N8O2. The second kappa shape index (κ2) is 10.7. The fourth-order valence-corrected chi connectivity index (χ4v) is 4.26. The van der Waals surface area contributed by atoms with E-state index in [0.717, 1.165) is 47.4 Å². The van der Waals surface area contributed by atoms with Crippen LogP contribution in [0.15, 0.2) is 49.1 Å². The Bertz CT molecular complexity index is 1320. The smallest absolute Gasteiger partial charge is 0.154 e. The number of methoxy groups -OCH3 is 2. The minimum atomic E-state index is 0.0536. The lowest BCUT2D eigenvalue weighted by Gasteiger charge is -2.39. The lowest BCUT2D eigenvalue weighted by Crippen LogP contribution is -2.54. The molecule has 1 N–H and O–H groups in total. The number of hydrogen-bond donors (Lipinski definition) is 1. The van der Waals surface area contributed by atoms with E-state index in [4.69, 9.17) is 14.5 Å². The van der Waals surface area contributed by atoms with Crippen molar-refractivity contribution in [2.45, 2.75) is 38.5 Å². The maximum atomic E-state index is 5.70. The first-order valence-electron chi connectivity index (χ1n) is 12.2. The molecule has 10 nitrogen and oxygen atoms in total. The predicted molar refractivity (Wildman–Crippen MR) is 138 cm³/mol. The lowest BCUT2D eigenvalue weighted by molar-refractivity contribution is -0.0550. The van der Waals surface area contributed by atoms with Crippen LogP contribution in [-0.4, -0.2) is 80.9 Å². The van der Waals surface area contributed by atoms with Crippen molar-refractivity contribution in [2.75, 3.05) is 39.2 Å². The first-order chi connectivity index (χ1) is 17.5. The Kier molecular flexibility index (Phi) is 7.17. The third kappa shape index (κ3) is 5.51. The number of rotatable bonds is 10. The Morgan fingerprint density at radius 2 is 1.86 bits per heavy atom. The summed E-state index contributed by atoms with van der Waals surface area (Å²) >= 11 is 0. The van der Waals surface area contributed by atoms with Gasteiger partial charge >= 0.3 is 0 Å². The van der Waals surface area contributed by atoms with Crippen molar-refractivity contribution in [3.63, 3.8) is 0 Å². The minimum Gasteiger partial charge on any atom is -0.379 e. The summed E-state index contributed by atoms with van der Waals surface area (Å²) in [4.78, 5) is 11.7. The Labute approximate surface area is 210 Å². The van der Waals surface area contributed by atoms with Gasteiger partial charge in [0.25, 0.3) is 0 Å². The van der Waals surface area contributed by atoms with Crippen LogP contribution in [0.5, 0.6) is 0 Å². The number of aromatic nitrogens is 6. The third-order valence-corrected chi connectivity index (χ3v) is 6.55. The summed E-state index contributed by atoms with van der Waals surface area (Å²) in [5.74, 6) is 1.73. The molecule has 0 aliphatic carbocycles. The predicted octanol–water partition coefficient (Wildman–Crippen LogP) is 3.50. The summed E-state index contributed by atoms with van der Waals surface area (Å²) in [6.07, 6.45) is 7.91. The first kappa shape index (κ1) is 24.2. The van der Waals surface area contributed by atoms with Gasteiger partial charge in [-0.15, -0.1) is 5.10 Å². The molecule has 4 aromatic rings. The molecule has 1 atom stereocenters. The van der Waals surface area contributed by atoms with Crippen LogP contribution in [0.25, 0.3) is 22.2 Å². The molecule has 188 valence electrons. The molecular weight excluding hydrogens is 456 g/mol. The highest BCUT2D eigenvalue weighted by Crippen LogP contribution is 2.24. The standard InChI is InChI=1S/C26H32N8O2/c1-17(2)18-8-26(32-28-10-18)31-25-6-5-23-24(30-25)7-19(9-27-23)20-11-29-34(12-20)16-22(36-4)15-33-13-21(14-33)35-3/h5-12,17,21-22H,13-16H2,1-4H3,(H,30,31,32).